The van der Waals surface area contributed by atoms with Crippen molar-refractivity contribution in [3.05, 3.63) is 35.2 Å². The normalized spacial score (nSPS) is 18.7. The van der Waals surface area contributed by atoms with Crippen molar-refractivity contribution in [1.29, 1.82) is 0 Å². The fourth-order valence-electron chi connectivity index (χ4n) is 3.01. The molecule has 0 aromatic carbocycles. The Kier molecular flexibility index (Phi) is 3.54. The molecule has 0 unspecified atom stereocenters. The molecule has 2 aromatic heterocycles. The summed E-state index contributed by atoms with van der Waals surface area (Å²) >= 11 is 0. The lowest BCUT2D eigenvalue weighted by molar-refractivity contribution is 0.0997. The summed E-state index contributed by atoms with van der Waals surface area (Å²) in [5, 5.41) is 10.1. The summed E-state index contributed by atoms with van der Waals surface area (Å²) in [5.74, 6) is -0.667. The van der Waals surface area contributed by atoms with Crippen LogP contribution in [0.5, 0.6) is 0 Å². The Morgan fingerprint density at radius 3 is 2.95 bits per heavy atom. The van der Waals surface area contributed by atoms with E-state index in [4.69, 9.17) is 11.5 Å². The summed E-state index contributed by atoms with van der Waals surface area (Å²) in [6.45, 7) is 1.89. The van der Waals surface area contributed by atoms with Crippen molar-refractivity contribution >= 4 is 28.2 Å². The molecule has 114 valence electrons. The molecule has 0 radical (unpaired) electrons. The molecule has 1 atom stereocenters. The van der Waals surface area contributed by atoms with E-state index in [9.17, 15) is 9.90 Å². The lowest BCUT2D eigenvalue weighted by atomic mass is 9.85. The largest absolute Gasteiger partial charge is 0.396 e. The minimum atomic E-state index is -0.667. The predicted octanol–water partition coefficient (Wildman–Crippen LogP) is 1.63. The van der Waals surface area contributed by atoms with Gasteiger partial charge in [0.25, 0.3) is 5.91 Å². The molecule has 0 fully saturated rings. The number of allylic oxidation sites excluding steroid dienone is 1. The zero-order valence-electron chi connectivity index (χ0n) is 12.3. The molecule has 0 spiro atoms. The number of hydrogen-bond donors (Lipinski definition) is 3. The number of pyridine rings is 2. The van der Waals surface area contributed by atoms with Crippen molar-refractivity contribution in [3.63, 3.8) is 0 Å². The summed E-state index contributed by atoms with van der Waals surface area (Å²) in [5.41, 5.74) is 15.5. The van der Waals surface area contributed by atoms with Gasteiger partial charge < -0.3 is 16.6 Å². The molecule has 5 N–H and O–H groups in total. The van der Waals surface area contributed by atoms with E-state index in [1.165, 1.54) is 0 Å². The number of nitrogens with zero attached hydrogens (tertiary/aromatic N) is 2. The maximum absolute atomic E-state index is 11.6. The number of anilines is 1. The SMILES string of the molecule is CC1=C(c2c(N)c(C(N)=O)nc3cccnc23)CCC[C@@H]1O. The molecule has 0 saturated carbocycles. The van der Waals surface area contributed by atoms with Gasteiger partial charge in [0.2, 0.25) is 0 Å². The minimum absolute atomic E-state index is 0.0517. The van der Waals surface area contributed by atoms with Crippen LogP contribution < -0.4 is 11.5 Å². The van der Waals surface area contributed by atoms with E-state index < -0.39 is 12.0 Å². The lowest BCUT2D eigenvalue weighted by Gasteiger charge is -2.24. The van der Waals surface area contributed by atoms with Crippen LogP contribution in [0.3, 0.4) is 0 Å². The highest BCUT2D eigenvalue weighted by molar-refractivity contribution is 6.05. The number of aliphatic hydroxyl groups excluding tert-OH is 1. The molecule has 0 saturated heterocycles. The summed E-state index contributed by atoms with van der Waals surface area (Å²) in [6, 6.07) is 3.52. The summed E-state index contributed by atoms with van der Waals surface area (Å²) in [4.78, 5) is 20.2. The summed E-state index contributed by atoms with van der Waals surface area (Å²) in [7, 11) is 0. The van der Waals surface area contributed by atoms with E-state index in [2.05, 4.69) is 9.97 Å². The van der Waals surface area contributed by atoms with Crippen molar-refractivity contribution in [1.82, 2.24) is 9.97 Å². The Bertz CT molecular complexity index is 798. The van der Waals surface area contributed by atoms with Crippen LogP contribution in [0.4, 0.5) is 5.69 Å². The Morgan fingerprint density at radius 2 is 2.23 bits per heavy atom. The number of carbonyl (C=O) groups excluding carboxylic acids is 1. The van der Waals surface area contributed by atoms with Crippen LogP contribution in [0.15, 0.2) is 23.9 Å². The van der Waals surface area contributed by atoms with Crippen molar-refractivity contribution in [2.24, 2.45) is 5.73 Å². The highest BCUT2D eigenvalue weighted by Gasteiger charge is 2.25. The molecule has 2 heterocycles. The van der Waals surface area contributed by atoms with Crippen LogP contribution in [0, 0.1) is 0 Å². The smallest absolute Gasteiger partial charge is 0.269 e. The molecular formula is C16H18N4O2. The standard InChI is InChI=1S/C16H18N4O2/c1-8-9(4-2-6-11(8)21)12-13(17)15(16(18)22)20-10-5-3-7-19-14(10)12/h3,5,7,11,21H,2,4,6,17H2,1H3,(H2,18,22)/t11-/m0/s1. The van der Waals surface area contributed by atoms with Gasteiger partial charge in [-0.3, -0.25) is 9.78 Å². The molecule has 1 aliphatic carbocycles. The van der Waals surface area contributed by atoms with Gasteiger partial charge >= 0.3 is 0 Å². The Labute approximate surface area is 127 Å². The van der Waals surface area contributed by atoms with E-state index in [0.717, 1.165) is 30.4 Å². The van der Waals surface area contributed by atoms with E-state index >= 15 is 0 Å². The number of fused-ring (bicyclic) bond motifs is 1. The average Bonchev–Trinajstić information content (AvgIpc) is 2.50. The summed E-state index contributed by atoms with van der Waals surface area (Å²) < 4.78 is 0. The van der Waals surface area contributed by atoms with Crippen LogP contribution in [0.1, 0.15) is 42.2 Å². The second-order valence-electron chi connectivity index (χ2n) is 5.55. The Balaban J connectivity index is 2.39. The van der Waals surface area contributed by atoms with Gasteiger partial charge in [0.15, 0.2) is 5.69 Å². The third-order valence-electron chi connectivity index (χ3n) is 4.20. The van der Waals surface area contributed by atoms with Crippen molar-refractivity contribution in [3.8, 4) is 0 Å². The van der Waals surface area contributed by atoms with Crippen LogP contribution in [0.25, 0.3) is 16.6 Å². The number of nitrogens with two attached hydrogens (primary N) is 2. The van der Waals surface area contributed by atoms with Gasteiger partial charge in [-0.15, -0.1) is 0 Å². The molecule has 3 rings (SSSR count). The molecular weight excluding hydrogens is 280 g/mol. The van der Waals surface area contributed by atoms with Gasteiger partial charge in [-0.25, -0.2) is 4.98 Å². The van der Waals surface area contributed by atoms with Crippen LogP contribution in [-0.4, -0.2) is 27.1 Å². The second-order valence-corrected chi connectivity index (χ2v) is 5.55. The fraction of sp³-hybridized carbons (Fsp3) is 0.312. The molecule has 22 heavy (non-hydrogen) atoms. The topological polar surface area (TPSA) is 115 Å². The Hall–Kier alpha value is -2.47. The average molecular weight is 298 g/mol. The first-order valence-corrected chi connectivity index (χ1v) is 7.22. The number of aliphatic hydroxyl groups is 1. The predicted molar refractivity (Wildman–Crippen MR) is 84.9 cm³/mol. The number of amides is 1. The molecule has 1 amide bonds. The van der Waals surface area contributed by atoms with Crippen LogP contribution >= 0.6 is 0 Å². The third kappa shape index (κ3) is 2.21. The van der Waals surface area contributed by atoms with Crippen molar-refractivity contribution < 1.29 is 9.90 Å². The number of rotatable bonds is 2. The molecule has 6 heteroatoms. The van der Waals surface area contributed by atoms with Gasteiger partial charge in [-0.05, 0) is 49.5 Å². The molecule has 1 aliphatic rings. The minimum Gasteiger partial charge on any atom is -0.396 e. The van der Waals surface area contributed by atoms with Crippen molar-refractivity contribution in [2.45, 2.75) is 32.3 Å². The van der Waals surface area contributed by atoms with Crippen molar-refractivity contribution in [2.75, 3.05) is 5.73 Å². The number of carbonyl (C=O) groups is 1. The van der Waals surface area contributed by atoms with E-state index in [-0.39, 0.29) is 11.4 Å². The third-order valence-corrected chi connectivity index (χ3v) is 4.20. The second kappa shape index (κ2) is 5.38. The zero-order chi connectivity index (χ0) is 15.9. The highest BCUT2D eigenvalue weighted by Crippen LogP contribution is 2.38. The number of nitrogen functional groups attached to an aromatic ring is 1. The Morgan fingerprint density at radius 1 is 1.45 bits per heavy atom. The first kappa shape index (κ1) is 14.5. The summed E-state index contributed by atoms with van der Waals surface area (Å²) in [6.07, 6.45) is 3.53. The van der Waals surface area contributed by atoms with Gasteiger partial charge in [-0.1, -0.05) is 0 Å². The number of primary amides is 1. The maximum atomic E-state index is 11.6. The first-order valence-electron chi connectivity index (χ1n) is 7.22. The van der Waals surface area contributed by atoms with E-state index in [0.29, 0.717) is 16.6 Å². The first-order chi connectivity index (χ1) is 10.5. The van der Waals surface area contributed by atoms with Crippen LogP contribution in [0.2, 0.25) is 0 Å². The monoisotopic (exact) mass is 298 g/mol. The number of hydrogen-bond acceptors (Lipinski definition) is 5. The van der Waals surface area contributed by atoms with E-state index in [1.54, 1.807) is 18.3 Å². The van der Waals surface area contributed by atoms with Gasteiger partial charge in [0.05, 0.1) is 22.8 Å². The quantitative estimate of drug-likeness (QED) is 0.779. The number of aromatic nitrogens is 2. The van der Waals surface area contributed by atoms with Crippen LogP contribution in [-0.2, 0) is 0 Å². The lowest BCUT2D eigenvalue weighted by Crippen LogP contribution is -2.19. The van der Waals surface area contributed by atoms with E-state index in [1.807, 2.05) is 6.92 Å². The van der Waals surface area contributed by atoms with Gasteiger partial charge in [0.1, 0.15) is 0 Å². The molecule has 2 aromatic rings. The maximum Gasteiger partial charge on any atom is 0.269 e. The van der Waals surface area contributed by atoms with Gasteiger partial charge in [0, 0.05) is 11.8 Å². The van der Waals surface area contributed by atoms with Gasteiger partial charge in [-0.2, -0.15) is 0 Å². The molecule has 0 bridgehead atoms. The molecule has 6 nitrogen and oxygen atoms in total. The molecule has 0 aliphatic heterocycles. The zero-order valence-corrected chi connectivity index (χ0v) is 12.3. The highest BCUT2D eigenvalue weighted by atomic mass is 16.3. The fourth-order valence-corrected chi connectivity index (χ4v) is 3.01.